The van der Waals surface area contributed by atoms with E-state index in [2.05, 4.69) is 25.0 Å². The summed E-state index contributed by atoms with van der Waals surface area (Å²) in [5.74, 6) is -0.642. The zero-order chi connectivity index (χ0) is 19.9. The fraction of sp³-hybridized carbons (Fsp3) is 0. The molecule has 0 spiro atoms. The van der Waals surface area contributed by atoms with Crippen molar-refractivity contribution in [3.8, 4) is 23.0 Å². The molecule has 0 fully saturated rings. The number of nitrogens with zero attached hydrogens (tertiary/aromatic N) is 1. The van der Waals surface area contributed by atoms with Gasteiger partial charge in [0.1, 0.15) is 0 Å². The van der Waals surface area contributed by atoms with E-state index in [1.807, 2.05) is 0 Å². The van der Waals surface area contributed by atoms with Crippen molar-refractivity contribution >= 4 is 38.4 Å². The van der Waals surface area contributed by atoms with Crippen molar-refractivity contribution in [2.45, 2.75) is 0 Å². The molecule has 1 unspecified atom stereocenters. The summed E-state index contributed by atoms with van der Waals surface area (Å²) in [7, 11) is -10.0. The minimum absolute atomic E-state index is 0. The Labute approximate surface area is 214 Å². The maximum Gasteiger partial charge on any atom is 1.00 e. The van der Waals surface area contributed by atoms with Crippen molar-refractivity contribution in [2.24, 2.45) is 4.52 Å². The van der Waals surface area contributed by atoms with Crippen LogP contribution in [0.1, 0.15) is 0 Å². The van der Waals surface area contributed by atoms with Crippen LogP contribution in [-0.4, -0.2) is 25.9 Å². The third-order valence-corrected chi connectivity index (χ3v) is 4.37. The summed E-state index contributed by atoms with van der Waals surface area (Å²) >= 11 is 0. The van der Waals surface area contributed by atoms with Gasteiger partial charge in [-0.3, -0.25) is 9.11 Å². The molecule has 0 amide bonds. The smallest absolute Gasteiger partial charge is 0.475 e. The zero-order valence-electron chi connectivity index (χ0n) is 14.8. The second-order valence-corrected chi connectivity index (χ2v) is 7.81. The monoisotopic (exact) mass is 499 g/mol. The molecule has 0 aliphatic heterocycles. The first kappa shape index (κ1) is 29.0. The van der Waals surface area contributed by atoms with Crippen molar-refractivity contribution in [3.63, 3.8) is 0 Å². The van der Waals surface area contributed by atoms with E-state index in [0.717, 1.165) is 12.1 Å². The third kappa shape index (κ3) is 11.8. The fourth-order valence-electron chi connectivity index (χ4n) is 1.47. The molecule has 17 heteroatoms. The van der Waals surface area contributed by atoms with Gasteiger partial charge in [-0.2, -0.15) is 45.6 Å². The Morgan fingerprint density at radius 2 is 1.34 bits per heavy atom. The van der Waals surface area contributed by atoms with Gasteiger partial charge < -0.3 is 17.4 Å². The van der Waals surface area contributed by atoms with E-state index in [1.54, 1.807) is 0 Å². The van der Waals surface area contributed by atoms with Crippen LogP contribution in [0.25, 0.3) is 0 Å². The van der Waals surface area contributed by atoms with Gasteiger partial charge in [-0.1, -0.05) is 0 Å². The summed E-state index contributed by atoms with van der Waals surface area (Å²) in [4.78, 5) is 0. The largest absolute Gasteiger partial charge is 1.00 e. The van der Waals surface area contributed by atoms with Crippen molar-refractivity contribution in [2.75, 3.05) is 0 Å². The van der Waals surface area contributed by atoms with Crippen molar-refractivity contribution in [3.05, 3.63) is 48.5 Å². The molecule has 2 aromatic rings. The molecule has 0 aliphatic rings. The van der Waals surface area contributed by atoms with Crippen LogP contribution in [0.15, 0.2) is 40.9 Å². The van der Waals surface area contributed by atoms with E-state index in [4.69, 9.17) is 18.2 Å². The van der Waals surface area contributed by atoms with Crippen LogP contribution in [0.5, 0.6) is 23.0 Å². The zero-order valence-corrected chi connectivity index (χ0v) is 22.4. The molecule has 0 aromatic heterocycles. The topological polar surface area (TPSA) is 158 Å². The number of rotatable bonds is 9. The van der Waals surface area contributed by atoms with Crippen LogP contribution in [-0.2, 0) is 20.8 Å². The second-order valence-electron chi connectivity index (χ2n) is 4.23. The van der Waals surface area contributed by atoms with Gasteiger partial charge >= 0.3 is 79.9 Å². The first-order valence-electron chi connectivity index (χ1n) is 6.47. The van der Waals surface area contributed by atoms with Gasteiger partial charge in [0.05, 0.1) is 23.0 Å². The molecule has 0 aliphatic carbocycles. The van der Waals surface area contributed by atoms with Crippen LogP contribution in [0.2, 0.25) is 0 Å². The predicted molar refractivity (Wildman–Crippen MR) is 93.8 cm³/mol. The van der Waals surface area contributed by atoms with Crippen LogP contribution in [0.4, 0.5) is 0 Å². The Morgan fingerprint density at radius 3 is 1.86 bits per heavy atom. The quantitative estimate of drug-likeness (QED) is 0.155. The van der Waals surface area contributed by atoms with Crippen LogP contribution in [0.3, 0.4) is 0 Å². The van der Waals surface area contributed by atoms with Crippen molar-refractivity contribution < 1.29 is 102 Å². The molecule has 146 valence electrons. The Bertz CT molecular complexity index is 1040. The van der Waals surface area contributed by atoms with Gasteiger partial charge in [-0.25, -0.2) is 0 Å². The average Bonchev–Trinajstić information content (AvgIpc) is 2.55. The first-order valence-corrected chi connectivity index (χ1v) is 10.8. The van der Waals surface area contributed by atoms with Gasteiger partial charge in [0.25, 0.3) is 0 Å². The van der Waals surface area contributed by atoms with Crippen LogP contribution in [0, 0.1) is 12.1 Å². The van der Waals surface area contributed by atoms with Crippen molar-refractivity contribution in [1.29, 1.82) is 0 Å². The Morgan fingerprint density at radius 1 is 0.862 bits per heavy atom. The minimum atomic E-state index is -4.73. The summed E-state index contributed by atoms with van der Waals surface area (Å²) < 4.78 is 83.3. The first-order chi connectivity index (χ1) is 12.6. The van der Waals surface area contributed by atoms with Gasteiger partial charge in [0.15, 0.2) is 0 Å². The minimum Gasteiger partial charge on any atom is -0.475 e. The number of hydrogen-bond donors (Lipinski definition) is 2. The van der Waals surface area contributed by atoms with E-state index < -0.39 is 29.8 Å². The van der Waals surface area contributed by atoms with Gasteiger partial charge in [0.2, 0.25) is 17.6 Å². The standard InChI is InChI=1S/C12H9NO10P2S2.2Na/c14-26(15,16)22-11-7-3-1-5-9(11)20-24-13-25-21-10-6-2-4-8-12(10)23-27(17,18)19;;/h1-2,5-8,24H,(H,14,15,16)(H,17,18,19);;/q-2;2*+1. The molecule has 2 aromatic carbocycles. The van der Waals surface area contributed by atoms with Gasteiger partial charge in [-0.15, -0.1) is 24.3 Å². The molecule has 0 radical (unpaired) electrons. The van der Waals surface area contributed by atoms with Gasteiger partial charge in [0, 0.05) is 0 Å². The van der Waals surface area contributed by atoms with Gasteiger partial charge in [-0.05, 0) is 0 Å². The molecule has 0 heterocycles. The summed E-state index contributed by atoms with van der Waals surface area (Å²) in [6, 6.07) is 12.9. The molecule has 0 saturated heterocycles. The molecule has 0 saturated carbocycles. The summed E-state index contributed by atoms with van der Waals surface area (Å²) in [5, 5.41) is 0. The summed E-state index contributed by atoms with van der Waals surface area (Å²) in [6.07, 6.45) is 0. The number of hydrogen-bond acceptors (Lipinski definition) is 9. The Hall–Kier alpha value is -0.01000. The normalized spacial score (nSPS) is 11.5. The van der Waals surface area contributed by atoms with Crippen LogP contribution < -0.4 is 76.5 Å². The van der Waals surface area contributed by atoms with E-state index in [9.17, 15) is 16.8 Å². The number of benzene rings is 2. The van der Waals surface area contributed by atoms with Crippen LogP contribution >= 0.6 is 17.6 Å². The molecule has 0 bridgehead atoms. The average molecular weight is 499 g/mol. The molecular weight excluding hydrogens is 490 g/mol. The summed E-state index contributed by atoms with van der Waals surface area (Å²) in [6.45, 7) is 0. The fourth-order valence-corrected chi connectivity index (χ4v) is 3.15. The Balaban J connectivity index is 0.00000392. The Kier molecular flexibility index (Phi) is 13.4. The van der Waals surface area contributed by atoms with Crippen molar-refractivity contribution in [1.82, 2.24) is 0 Å². The molecule has 1 atom stereocenters. The molecule has 29 heavy (non-hydrogen) atoms. The second kappa shape index (κ2) is 13.4. The molecular formula is C12H9NNa2O10P2S2. The molecule has 11 nitrogen and oxygen atoms in total. The maximum absolute atomic E-state index is 10.8. The third-order valence-electron chi connectivity index (χ3n) is 2.34. The molecule has 2 N–H and O–H groups in total. The predicted octanol–water partition coefficient (Wildman–Crippen LogP) is -3.33. The molecule has 2 rings (SSSR count). The van der Waals surface area contributed by atoms with E-state index in [-0.39, 0.29) is 90.7 Å². The van der Waals surface area contributed by atoms with E-state index >= 15 is 0 Å². The summed E-state index contributed by atoms with van der Waals surface area (Å²) in [5.41, 5.74) is 0. The van der Waals surface area contributed by atoms with E-state index in [0.29, 0.717) is 0 Å². The maximum atomic E-state index is 10.8. The van der Waals surface area contributed by atoms with E-state index in [1.165, 1.54) is 24.3 Å². The SMILES string of the molecule is O=S(=O)(O)Oc1c[c-]ccc1OP=NPOc1cc[c-]cc1OS(=O)(=O)O.[Na+].[Na+].